The Bertz CT molecular complexity index is 464. The predicted octanol–water partition coefficient (Wildman–Crippen LogP) is 3.40. The zero-order valence-electron chi connectivity index (χ0n) is 12.6. The van der Waals surface area contributed by atoms with E-state index in [1.807, 2.05) is 0 Å². The minimum atomic E-state index is -0.672. The van der Waals surface area contributed by atoms with E-state index in [0.29, 0.717) is 18.4 Å². The van der Waals surface area contributed by atoms with Crippen molar-refractivity contribution in [3.63, 3.8) is 0 Å². The SMILES string of the molecule is Cc1nc(C(C)N2CCC(CCC(=O)O)CC2)c(C)s1. The van der Waals surface area contributed by atoms with Crippen LogP contribution < -0.4 is 0 Å². The third-order valence-corrected chi connectivity index (χ3v) is 5.20. The number of hydrogen-bond acceptors (Lipinski definition) is 4. The van der Waals surface area contributed by atoms with Crippen molar-refractivity contribution in [2.75, 3.05) is 13.1 Å². The molecule has 0 aromatic carbocycles. The molecule has 1 aromatic rings. The second kappa shape index (κ2) is 6.68. The van der Waals surface area contributed by atoms with Crippen LogP contribution in [0, 0.1) is 19.8 Å². The molecule has 1 aliphatic heterocycles. The average Bonchev–Trinajstić information content (AvgIpc) is 2.75. The number of carbonyl (C=O) groups is 1. The van der Waals surface area contributed by atoms with Crippen molar-refractivity contribution in [3.8, 4) is 0 Å². The van der Waals surface area contributed by atoms with Gasteiger partial charge < -0.3 is 5.11 Å². The highest BCUT2D eigenvalue weighted by atomic mass is 32.1. The number of rotatable bonds is 5. The summed E-state index contributed by atoms with van der Waals surface area (Å²) in [6, 6.07) is 0.375. The van der Waals surface area contributed by atoms with Gasteiger partial charge in [-0.05, 0) is 59.0 Å². The van der Waals surface area contributed by atoms with Crippen molar-refractivity contribution in [3.05, 3.63) is 15.6 Å². The molecule has 0 radical (unpaired) electrons. The topological polar surface area (TPSA) is 53.4 Å². The molecule has 20 heavy (non-hydrogen) atoms. The largest absolute Gasteiger partial charge is 0.481 e. The molecule has 1 atom stereocenters. The third kappa shape index (κ3) is 3.79. The Labute approximate surface area is 124 Å². The Morgan fingerprint density at radius 3 is 2.60 bits per heavy atom. The number of carboxylic acids is 1. The molecule has 1 fully saturated rings. The summed E-state index contributed by atoms with van der Waals surface area (Å²) in [5.74, 6) is -0.0952. The lowest BCUT2D eigenvalue weighted by Gasteiger charge is -2.35. The van der Waals surface area contributed by atoms with E-state index in [1.54, 1.807) is 11.3 Å². The molecule has 0 saturated carbocycles. The minimum Gasteiger partial charge on any atom is -0.481 e. The van der Waals surface area contributed by atoms with Gasteiger partial charge in [-0.15, -0.1) is 11.3 Å². The van der Waals surface area contributed by atoms with Gasteiger partial charge in [-0.3, -0.25) is 9.69 Å². The summed E-state index contributed by atoms with van der Waals surface area (Å²) >= 11 is 1.77. The first-order valence-electron chi connectivity index (χ1n) is 7.37. The number of carboxylic acid groups (broad SMARTS) is 1. The molecule has 0 bridgehead atoms. The van der Waals surface area contributed by atoms with Crippen molar-refractivity contribution in [2.24, 2.45) is 5.92 Å². The number of thiazole rings is 1. The Morgan fingerprint density at radius 2 is 2.10 bits per heavy atom. The summed E-state index contributed by atoms with van der Waals surface area (Å²) in [7, 11) is 0. The van der Waals surface area contributed by atoms with Crippen LogP contribution in [0.1, 0.15) is 54.2 Å². The van der Waals surface area contributed by atoms with Gasteiger partial charge in [0.05, 0.1) is 16.7 Å². The maximum atomic E-state index is 10.6. The van der Waals surface area contributed by atoms with Crippen LogP contribution in [-0.4, -0.2) is 34.0 Å². The first-order valence-corrected chi connectivity index (χ1v) is 8.18. The lowest BCUT2D eigenvalue weighted by Crippen LogP contribution is -2.36. The van der Waals surface area contributed by atoms with E-state index in [9.17, 15) is 4.79 Å². The fraction of sp³-hybridized carbons (Fsp3) is 0.733. The molecule has 0 aliphatic carbocycles. The summed E-state index contributed by atoms with van der Waals surface area (Å²) < 4.78 is 0. The summed E-state index contributed by atoms with van der Waals surface area (Å²) in [5, 5.41) is 9.89. The number of aliphatic carboxylic acids is 1. The maximum Gasteiger partial charge on any atom is 0.303 e. The Kier molecular flexibility index (Phi) is 5.16. The summed E-state index contributed by atoms with van der Waals surface area (Å²) in [6.07, 6.45) is 3.36. The molecule has 5 heteroatoms. The molecule has 0 spiro atoms. The van der Waals surface area contributed by atoms with E-state index in [2.05, 4.69) is 30.7 Å². The van der Waals surface area contributed by atoms with Crippen LogP contribution in [-0.2, 0) is 4.79 Å². The number of nitrogens with zero attached hydrogens (tertiary/aromatic N) is 2. The van der Waals surface area contributed by atoms with Gasteiger partial charge >= 0.3 is 5.97 Å². The van der Waals surface area contributed by atoms with E-state index < -0.39 is 5.97 Å². The number of hydrogen-bond donors (Lipinski definition) is 1. The van der Waals surface area contributed by atoms with Gasteiger partial charge in [0.15, 0.2) is 0 Å². The van der Waals surface area contributed by atoms with Crippen molar-refractivity contribution in [1.82, 2.24) is 9.88 Å². The molecule has 1 saturated heterocycles. The van der Waals surface area contributed by atoms with Gasteiger partial charge in [-0.2, -0.15) is 0 Å². The summed E-state index contributed by atoms with van der Waals surface area (Å²) in [4.78, 5) is 19.1. The van der Waals surface area contributed by atoms with Crippen molar-refractivity contribution >= 4 is 17.3 Å². The summed E-state index contributed by atoms with van der Waals surface area (Å²) in [5.41, 5.74) is 1.22. The average molecular weight is 296 g/mol. The lowest BCUT2D eigenvalue weighted by molar-refractivity contribution is -0.137. The number of aromatic nitrogens is 1. The lowest BCUT2D eigenvalue weighted by atomic mass is 9.91. The molecule has 2 rings (SSSR count). The zero-order valence-corrected chi connectivity index (χ0v) is 13.4. The molecule has 1 aromatic heterocycles. The Balaban J connectivity index is 1.87. The fourth-order valence-corrected chi connectivity index (χ4v) is 3.97. The first-order chi connectivity index (χ1) is 9.47. The molecular weight excluding hydrogens is 272 g/mol. The minimum absolute atomic E-state index is 0.310. The quantitative estimate of drug-likeness (QED) is 0.905. The highest BCUT2D eigenvalue weighted by molar-refractivity contribution is 7.11. The molecule has 4 nitrogen and oxygen atoms in total. The van der Waals surface area contributed by atoms with E-state index in [0.717, 1.165) is 37.4 Å². The van der Waals surface area contributed by atoms with E-state index >= 15 is 0 Å². The molecule has 1 aliphatic rings. The van der Waals surface area contributed by atoms with Crippen LogP contribution in [0.2, 0.25) is 0 Å². The van der Waals surface area contributed by atoms with Crippen LogP contribution in [0.15, 0.2) is 0 Å². The van der Waals surface area contributed by atoms with Gasteiger partial charge in [0.1, 0.15) is 0 Å². The predicted molar refractivity (Wildman–Crippen MR) is 81.2 cm³/mol. The molecule has 1 N–H and O–H groups in total. The normalized spacial score (nSPS) is 19.1. The van der Waals surface area contributed by atoms with Gasteiger partial charge in [-0.25, -0.2) is 4.98 Å². The third-order valence-electron chi connectivity index (χ3n) is 4.30. The molecule has 0 amide bonds. The zero-order chi connectivity index (χ0) is 14.7. The number of aryl methyl sites for hydroxylation is 2. The maximum absolute atomic E-state index is 10.6. The van der Waals surface area contributed by atoms with Gasteiger partial charge in [0, 0.05) is 11.3 Å². The Hall–Kier alpha value is -0.940. The summed E-state index contributed by atoms with van der Waals surface area (Å²) in [6.45, 7) is 8.56. The molecule has 112 valence electrons. The standard InChI is InChI=1S/C15H24N2O2S/c1-10(15-11(2)20-12(3)16-15)17-8-6-13(7-9-17)4-5-14(18)19/h10,13H,4-9H2,1-3H3,(H,18,19). The van der Waals surface area contributed by atoms with Gasteiger partial charge in [0.2, 0.25) is 0 Å². The fourth-order valence-electron chi connectivity index (χ4n) is 3.06. The molecular formula is C15H24N2O2S. The monoisotopic (exact) mass is 296 g/mol. The van der Waals surface area contributed by atoms with Crippen LogP contribution in [0.5, 0.6) is 0 Å². The highest BCUT2D eigenvalue weighted by Crippen LogP contribution is 2.31. The van der Waals surface area contributed by atoms with Crippen molar-refractivity contribution in [2.45, 2.75) is 52.5 Å². The molecule has 2 heterocycles. The van der Waals surface area contributed by atoms with Gasteiger partial charge in [0.25, 0.3) is 0 Å². The second-order valence-corrected chi connectivity index (χ2v) is 7.17. The van der Waals surface area contributed by atoms with Crippen LogP contribution >= 0.6 is 11.3 Å². The number of piperidine rings is 1. The van der Waals surface area contributed by atoms with Crippen molar-refractivity contribution < 1.29 is 9.90 Å². The Morgan fingerprint density at radius 1 is 1.45 bits per heavy atom. The first kappa shape index (κ1) is 15.4. The number of likely N-dealkylation sites (tertiary alicyclic amines) is 1. The van der Waals surface area contributed by atoms with E-state index in [-0.39, 0.29) is 0 Å². The van der Waals surface area contributed by atoms with Gasteiger partial charge in [-0.1, -0.05) is 0 Å². The van der Waals surface area contributed by atoms with Crippen LogP contribution in [0.4, 0.5) is 0 Å². The van der Waals surface area contributed by atoms with E-state index in [4.69, 9.17) is 5.11 Å². The smallest absolute Gasteiger partial charge is 0.303 e. The van der Waals surface area contributed by atoms with Crippen LogP contribution in [0.3, 0.4) is 0 Å². The van der Waals surface area contributed by atoms with E-state index in [1.165, 1.54) is 10.6 Å². The molecule has 1 unspecified atom stereocenters. The van der Waals surface area contributed by atoms with Crippen LogP contribution in [0.25, 0.3) is 0 Å². The highest BCUT2D eigenvalue weighted by Gasteiger charge is 2.26. The second-order valence-electron chi connectivity index (χ2n) is 5.76. The van der Waals surface area contributed by atoms with Crippen molar-refractivity contribution in [1.29, 1.82) is 0 Å².